The van der Waals surface area contributed by atoms with Gasteiger partial charge in [-0.3, -0.25) is 0 Å². The summed E-state index contributed by atoms with van der Waals surface area (Å²) in [4.78, 5) is 1.28. The molecular formula is C7H6Br2S. The molecule has 10 heavy (non-hydrogen) atoms. The van der Waals surface area contributed by atoms with E-state index in [1.807, 2.05) is 0 Å². The van der Waals surface area contributed by atoms with Crippen LogP contribution in [0.5, 0.6) is 0 Å². The molecule has 1 rings (SSSR count). The van der Waals surface area contributed by atoms with Crippen molar-refractivity contribution < 1.29 is 0 Å². The van der Waals surface area contributed by atoms with Gasteiger partial charge in [-0.25, -0.2) is 0 Å². The van der Waals surface area contributed by atoms with Gasteiger partial charge in [0, 0.05) is 20.1 Å². The van der Waals surface area contributed by atoms with Gasteiger partial charge in [0.25, 0.3) is 0 Å². The summed E-state index contributed by atoms with van der Waals surface area (Å²) in [5.74, 6) is 0. The third-order valence-corrected chi connectivity index (χ3v) is 2.99. The van der Waals surface area contributed by atoms with Crippen LogP contribution in [0.2, 0.25) is 0 Å². The second-order valence-electron chi connectivity index (χ2n) is 1.72. The maximum atomic E-state index is 3.39. The summed E-state index contributed by atoms with van der Waals surface area (Å²) in [5, 5.41) is 3.00. The zero-order valence-corrected chi connectivity index (χ0v) is 9.17. The molecule has 1 aromatic heterocycles. The van der Waals surface area contributed by atoms with Crippen LogP contribution in [-0.2, 0) is 0 Å². The lowest BCUT2D eigenvalue weighted by Gasteiger charge is -1.78. The van der Waals surface area contributed by atoms with E-state index in [2.05, 4.69) is 55.5 Å². The van der Waals surface area contributed by atoms with Gasteiger partial charge >= 0.3 is 0 Å². The Labute approximate surface area is 81.2 Å². The van der Waals surface area contributed by atoms with E-state index in [9.17, 15) is 0 Å². The van der Waals surface area contributed by atoms with E-state index in [4.69, 9.17) is 0 Å². The van der Waals surface area contributed by atoms with E-state index in [0.717, 1.165) is 9.80 Å². The molecule has 0 N–H and O–H groups in total. The van der Waals surface area contributed by atoms with E-state index in [1.54, 1.807) is 11.3 Å². The Balaban J connectivity index is 2.67. The lowest BCUT2D eigenvalue weighted by molar-refractivity contribution is 1.81. The summed E-state index contributed by atoms with van der Waals surface area (Å²) in [6.07, 6.45) is 4.18. The Kier molecular flexibility index (Phi) is 3.66. The van der Waals surface area contributed by atoms with Crippen molar-refractivity contribution in [3.8, 4) is 0 Å². The molecule has 0 aliphatic carbocycles. The van der Waals surface area contributed by atoms with Crippen molar-refractivity contribution in [2.75, 3.05) is 5.33 Å². The topological polar surface area (TPSA) is 0 Å². The van der Waals surface area contributed by atoms with Gasteiger partial charge < -0.3 is 0 Å². The highest BCUT2D eigenvalue weighted by molar-refractivity contribution is 9.10. The minimum absolute atomic E-state index is 0.919. The standard InChI is InChI=1S/C7H6Br2S/c8-3-1-2-7-4-6(9)5-10-7/h1-2,4-5H,3H2. The molecule has 0 saturated heterocycles. The van der Waals surface area contributed by atoms with E-state index in [-0.39, 0.29) is 0 Å². The predicted octanol–water partition coefficient (Wildman–Crippen LogP) is 3.92. The zero-order valence-electron chi connectivity index (χ0n) is 5.18. The molecule has 0 amide bonds. The van der Waals surface area contributed by atoms with Crippen molar-refractivity contribution in [3.63, 3.8) is 0 Å². The lowest BCUT2D eigenvalue weighted by Crippen LogP contribution is -1.58. The van der Waals surface area contributed by atoms with Crippen molar-refractivity contribution in [2.45, 2.75) is 0 Å². The van der Waals surface area contributed by atoms with Gasteiger partial charge in [-0.2, -0.15) is 0 Å². The normalized spacial score (nSPS) is 11.0. The molecule has 0 aliphatic heterocycles. The smallest absolute Gasteiger partial charge is 0.0288 e. The molecule has 0 spiro atoms. The van der Waals surface area contributed by atoms with E-state index in [1.165, 1.54) is 4.88 Å². The van der Waals surface area contributed by atoms with Crippen LogP contribution in [0.25, 0.3) is 6.08 Å². The minimum atomic E-state index is 0.919. The van der Waals surface area contributed by atoms with Gasteiger partial charge in [-0.05, 0) is 28.1 Å². The fourth-order valence-electron chi connectivity index (χ4n) is 0.576. The molecule has 0 nitrogen and oxygen atoms in total. The Morgan fingerprint density at radius 1 is 1.60 bits per heavy atom. The molecular weight excluding hydrogens is 276 g/mol. The number of halogens is 2. The molecule has 1 aromatic rings. The number of allylic oxidation sites excluding steroid dienone is 1. The van der Waals surface area contributed by atoms with Crippen LogP contribution < -0.4 is 0 Å². The molecule has 0 aliphatic rings. The van der Waals surface area contributed by atoms with Gasteiger partial charge in [0.1, 0.15) is 0 Å². The quantitative estimate of drug-likeness (QED) is 0.721. The molecule has 54 valence electrons. The highest BCUT2D eigenvalue weighted by atomic mass is 79.9. The first-order valence-electron chi connectivity index (χ1n) is 2.79. The molecule has 1 heterocycles. The van der Waals surface area contributed by atoms with E-state index < -0.39 is 0 Å². The number of rotatable bonds is 2. The largest absolute Gasteiger partial charge is 0.143 e. The highest BCUT2D eigenvalue weighted by Crippen LogP contribution is 2.20. The van der Waals surface area contributed by atoms with Gasteiger partial charge in [0.2, 0.25) is 0 Å². The molecule has 0 unspecified atom stereocenters. The Bertz CT molecular complexity index is 227. The summed E-state index contributed by atoms with van der Waals surface area (Å²) in [5.41, 5.74) is 0. The highest BCUT2D eigenvalue weighted by Gasteiger charge is 1.90. The second-order valence-corrected chi connectivity index (χ2v) is 4.23. The summed E-state index contributed by atoms with van der Waals surface area (Å²) < 4.78 is 1.16. The second kappa shape index (κ2) is 4.31. The molecule has 0 fully saturated rings. The van der Waals surface area contributed by atoms with Gasteiger partial charge in [0.05, 0.1) is 0 Å². The summed E-state index contributed by atoms with van der Waals surface area (Å²) >= 11 is 8.44. The lowest BCUT2D eigenvalue weighted by atomic mass is 10.4. The predicted molar refractivity (Wildman–Crippen MR) is 54.8 cm³/mol. The zero-order chi connectivity index (χ0) is 7.40. The monoisotopic (exact) mass is 280 g/mol. The van der Waals surface area contributed by atoms with E-state index >= 15 is 0 Å². The van der Waals surface area contributed by atoms with Gasteiger partial charge in [-0.1, -0.05) is 22.0 Å². The van der Waals surface area contributed by atoms with Gasteiger partial charge in [0.15, 0.2) is 0 Å². The first-order valence-corrected chi connectivity index (χ1v) is 5.59. The van der Waals surface area contributed by atoms with Crippen molar-refractivity contribution in [3.05, 3.63) is 26.9 Å². The Hall–Kier alpha value is 0.400. The van der Waals surface area contributed by atoms with Crippen LogP contribution in [0.4, 0.5) is 0 Å². The Morgan fingerprint density at radius 3 is 2.90 bits per heavy atom. The number of hydrogen-bond acceptors (Lipinski definition) is 1. The number of alkyl halides is 1. The first kappa shape index (κ1) is 8.50. The third kappa shape index (κ3) is 2.56. The molecule has 0 bridgehead atoms. The Morgan fingerprint density at radius 2 is 2.40 bits per heavy atom. The SMILES string of the molecule is BrCC=Cc1cc(Br)cs1. The minimum Gasteiger partial charge on any atom is -0.143 e. The van der Waals surface area contributed by atoms with Crippen LogP contribution in [0.1, 0.15) is 4.88 Å². The summed E-state index contributed by atoms with van der Waals surface area (Å²) in [6.45, 7) is 0. The summed E-state index contributed by atoms with van der Waals surface area (Å²) in [7, 11) is 0. The van der Waals surface area contributed by atoms with Crippen LogP contribution in [-0.4, -0.2) is 5.33 Å². The fourth-order valence-corrected chi connectivity index (χ4v) is 2.13. The van der Waals surface area contributed by atoms with Crippen LogP contribution in [0.3, 0.4) is 0 Å². The molecule has 3 heteroatoms. The average Bonchev–Trinajstić information content (AvgIpc) is 2.31. The maximum Gasteiger partial charge on any atom is 0.0288 e. The van der Waals surface area contributed by atoms with Crippen molar-refractivity contribution in [2.24, 2.45) is 0 Å². The average molecular weight is 282 g/mol. The van der Waals surface area contributed by atoms with Crippen LogP contribution in [0, 0.1) is 0 Å². The van der Waals surface area contributed by atoms with Crippen LogP contribution >= 0.6 is 43.2 Å². The number of hydrogen-bond donors (Lipinski definition) is 0. The molecule has 0 atom stereocenters. The molecule has 0 saturated carbocycles. The van der Waals surface area contributed by atoms with Crippen molar-refractivity contribution >= 4 is 49.3 Å². The van der Waals surface area contributed by atoms with Gasteiger partial charge in [-0.15, -0.1) is 11.3 Å². The third-order valence-electron chi connectivity index (χ3n) is 0.959. The number of thiophene rings is 1. The molecule has 0 radical (unpaired) electrons. The first-order chi connectivity index (χ1) is 4.83. The van der Waals surface area contributed by atoms with Crippen molar-refractivity contribution in [1.82, 2.24) is 0 Å². The molecule has 0 aromatic carbocycles. The fraction of sp³-hybridized carbons (Fsp3) is 0.143. The maximum absolute atomic E-state index is 3.39. The van der Waals surface area contributed by atoms with E-state index in [0.29, 0.717) is 0 Å². The summed E-state index contributed by atoms with van der Waals surface area (Å²) in [6, 6.07) is 2.10. The van der Waals surface area contributed by atoms with Crippen LogP contribution in [0.15, 0.2) is 22.0 Å². The van der Waals surface area contributed by atoms with Crippen molar-refractivity contribution in [1.29, 1.82) is 0 Å².